The Balaban J connectivity index is 3.60. The van der Waals surface area contributed by atoms with Gasteiger partial charge in [0.25, 0.3) is 0 Å². The lowest BCUT2D eigenvalue weighted by Gasteiger charge is -2.16. The predicted octanol–water partition coefficient (Wildman–Crippen LogP) is 0.245. The summed E-state index contributed by atoms with van der Waals surface area (Å²) in [6.45, 7) is -0.186. The van der Waals surface area contributed by atoms with Crippen molar-refractivity contribution in [2.45, 2.75) is 12.8 Å². The molecular weight excluding hydrogens is 177 g/mol. The second-order valence-corrected chi connectivity index (χ2v) is 2.10. The lowest BCUT2D eigenvalue weighted by molar-refractivity contribution is -0.408. The van der Waals surface area contributed by atoms with Crippen LogP contribution in [0.2, 0.25) is 0 Å². The van der Waals surface area contributed by atoms with Crippen molar-refractivity contribution < 1.29 is 22.8 Å². The second kappa shape index (κ2) is 4.27. The van der Waals surface area contributed by atoms with Crippen molar-refractivity contribution in [1.29, 1.82) is 0 Å². The Hall–Kier alpha value is -0.820. The molecule has 0 spiro atoms. The van der Waals surface area contributed by atoms with Gasteiger partial charge in [0, 0.05) is 20.0 Å². The Morgan fingerprint density at radius 1 is 1.58 bits per heavy atom. The Morgan fingerprint density at radius 2 is 2.08 bits per heavy atom. The van der Waals surface area contributed by atoms with Gasteiger partial charge in [-0.05, 0) is 0 Å². The summed E-state index contributed by atoms with van der Waals surface area (Å²) in [6, 6.07) is 0. The van der Waals surface area contributed by atoms with Crippen LogP contribution in [0.1, 0.15) is 6.42 Å². The van der Waals surface area contributed by atoms with E-state index in [4.69, 9.17) is 5.73 Å². The van der Waals surface area contributed by atoms with Gasteiger partial charge >= 0.3 is 6.36 Å². The first-order valence-corrected chi connectivity index (χ1v) is 3.06. The summed E-state index contributed by atoms with van der Waals surface area (Å²) in [6.07, 6.45) is -4.89. The summed E-state index contributed by atoms with van der Waals surface area (Å²) in [5.41, 5.74) is 4.70. The number of amides is 1. The van der Waals surface area contributed by atoms with Crippen LogP contribution in [-0.4, -0.2) is 30.9 Å². The molecule has 2 N–H and O–H groups in total. The highest BCUT2D eigenvalue weighted by Crippen LogP contribution is 2.17. The average Bonchev–Trinajstić information content (AvgIpc) is 1.79. The van der Waals surface area contributed by atoms with Crippen LogP contribution in [0.4, 0.5) is 13.2 Å². The number of halogens is 3. The molecule has 0 aliphatic carbocycles. The lowest BCUT2D eigenvalue weighted by Crippen LogP contribution is -2.30. The summed E-state index contributed by atoms with van der Waals surface area (Å²) in [7, 11) is 1.07. The summed E-state index contributed by atoms with van der Waals surface area (Å²) in [4.78, 5) is 13.5. The zero-order valence-corrected chi connectivity index (χ0v) is 6.39. The number of nitrogens with zero attached hydrogens (tertiary/aromatic N) is 1. The van der Waals surface area contributed by atoms with Crippen molar-refractivity contribution in [3.63, 3.8) is 0 Å². The van der Waals surface area contributed by atoms with E-state index in [1.54, 1.807) is 0 Å². The third kappa shape index (κ3) is 7.29. The first-order valence-electron chi connectivity index (χ1n) is 3.06. The molecule has 1 amide bonds. The SMILES string of the molecule is CN(CCC(N)=O)OC(F)(F)F. The fourth-order valence-corrected chi connectivity index (χ4v) is 0.490. The fraction of sp³-hybridized carbons (Fsp3) is 0.800. The average molecular weight is 186 g/mol. The quantitative estimate of drug-likeness (QED) is 0.640. The molecule has 72 valence electrons. The minimum Gasteiger partial charge on any atom is -0.370 e. The van der Waals surface area contributed by atoms with Crippen LogP contribution in [0, 0.1) is 0 Å². The van der Waals surface area contributed by atoms with E-state index in [1.807, 2.05) is 0 Å². The van der Waals surface area contributed by atoms with Gasteiger partial charge < -0.3 is 5.73 Å². The van der Waals surface area contributed by atoms with Gasteiger partial charge in [0.1, 0.15) is 0 Å². The first kappa shape index (κ1) is 11.2. The standard InChI is InChI=1S/C5H9F3N2O2/c1-10(3-2-4(9)11)12-5(6,7)8/h2-3H2,1H3,(H2,9,11). The van der Waals surface area contributed by atoms with E-state index in [-0.39, 0.29) is 13.0 Å². The van der Waals surface area contributed by atoms with Crippen LogP contribution in [0.5, 0.6) is 0 Å². The van der Waals surface area contributed by atoms with Crippen LogP contribution in [0.15, 0.2) is 0 Å². The molecule has 0 unspecified atom stereocenters. The Labute approximate surface area is 67.0 Å². The van der Waals surface area contributed by atoms with Gasteiger partial charge in [0.05, 0.1) is 0 Å². The molecule has 0 fully saturated rings. The molecular formula is C5H9F3N2O2. The third-order valence-electron chi connectivity index (χ3n) is 0.932. The summed E-state index contributed by atoms with van der Waals surface area (Å²) >= 11 is 0. The fourth-order valence-electron chi connectivity index (χ4n) is 0.490. The zero-order chi connectivity index (χ0) is 9.78. The van der Waals surface area contributed by atoms with E-state index in [0.717, 1.165) is 7.05 Å². The number of carbonyl (C=O) groups is 1. The van der Waals surface area contributed by atoms with Crippen molar-refractivity contribution >= 4 is 5.91 Å². The molecule has 0 aromatic rings. The van der Waals surface area contributed by atoms with Gasteiger partial charge in [-0.1, -0.05) is 0 Å². The third-order valence-corrected chi connectivity index (χ3v) is 0.932. The number of nitrogens with two attached hydrogens (primary N) is 1. The molecule has 0 radical (unpaired) electrons. The highest BCUT2D eigenvalue weighted by Gasteiger charge is 2.31. The van der Waals surface area contributed by atoms with Crippen LogP contribution < -0.4 is 5.73 Å². The van der Waals surface area contributed by atoms with Gasteiger partial charge in [0.2, 0.25) is 5.91 Å². The number of hydrogen-bond acceptors (Lipinski definition) is 3. The predicted molar refractivity (Wildman–Crippen MR) is 33.6 cm³/mol. The highest BCUT2D eigenvalue weighted by atomic mass is 19.4. The van der Waals surface area contributed by atoms with Crippen molar-refractivity contribution in [3.8, 4) is 0 Å². The van der Waals surface area contributed by atoms with Crippen molar-refractivity contribution in [1.82, 2.24) is 5.06 Å². The summed E-state index contributed by atoms with van der Waals surface area (Å²) in [5.74, 6) is -0.673. The van der Waals surface area contributed by atoms with E-state index >= 15 is 0 Å². The molecule has 0 heterocycles. The van der Waals surface area contributed by atoms with E-state index in [9.17, 15) is 18.0 Å². The summed E-state index contributed by atoms with van der Waals surface area (Å²) in [5, 5.41) is 0.505. The number of carbonyl (C=O) groups excluding carboxylic acids is 1. The molecule has 0 aromatic carbocycles. The highest BCUT2D eigenvalue weighted by molar-refractivity contribution is 5.73. The van der Waals surface area contributed by atoms with Crippen LogP contribution in [0.3, 0.4) is 0 Å². The maximum absolute atomic E-state index is 11.5. The van der Waals surface area contributed by atoms with Gasteiger partial charge in [-0.2, -0.15) is 5.06 Å². The van der Waals surface area contributed by atoms with Crippen molar-refractivity contribution in [3.05, 3.63) is 0 Å². The maximum atomic E-state index is 11.5. The van der Waals surface area contributed by atoms with Crippen LogP contribution in [0.25, 0.3) is 0 Å². The van der Waals surface area contributed by atoms with Crippen molar-refractivity contribution in [2.75, 3.05) is 13.6 Å². The zero-order valence-electron chi connectivity index (χ0n) is 6.39. The van der Waals surface area contributed by atoms with E-state index in [0.29, 0.717) is 5.06 Å². The summed E-state index contributed by atoms with van der Waals surface area (Å²) < 4.78 is 34.4. The molecule has 7 heteroatoms. The normalized spacial score (nSPS) is 12.1. The number of primary amides is 1. The minimum atomic E-state index is -4.72. The molecule has 0 bridgehead atoms. The van der Waals surface area contributed by atoms with Crippen LogP contribution in [-0.2, 0) is 9.63 Å². The largest absolute Gasteiger partial charge is 0.539 e. The number of hydrogen-bond donors (Lipinski definition) is 1. The monoisotopic (exact) mass is 186 g/mol. The smallest absolute Gasteiger partial charge is 0.370 e. The maximum Gasteiger partial charge on any atom is 0.539 e. The molecule has 12 heavy (non-hydrogen) atoms. The van der Waals surface area contributed by atoms with Crippen LogP contribution >= 0.6 is 0 Å². The molecule has 0 rings (SSSR count). The van der Waals surface area contributed by atoms with Gasteiger partial charge in [-0.25, -0.2) is 4.84 Å². The van der Waals surface area contributed by atoms with Gasteiger partial charge in [-0.3, -0.25) is 4.79 Å². The number of rotatable bonds is 4. The topological polar surface area (TPSA) is 55.6 Å². The molecule has 0 aliphatic rings. The van der Waals surface area contributed by atoms with E-state index in [2.05, 4.69) is 4.84 Å². The van der Waals surface area contributed by atoms with Gasteiger partial charge in [-0.15, -0.1) is 13.2 Å². The van der Waals surface area contributed by atoms with Gasteiger partial charge in [0.15, 0.2) is 0 Å². The molecule has 0 aromatic heterocycles. The lowest BCUT2D eigenvalue weighted by atomic mass is 10.4. The van der Waals surface area contributed by atoms with E-state index < -0.39 is 12.3 Å². The molecule has 0 saturated carbocycles. The Morgan fingerprint density at radius 3 is 2.42 bits per heavy atom. The molecule has 0 atom stereocenters. The first-order chi connectivity index (χ1) is 5.31. The molecule has 0 aliphatic heterocycles. The molecule has 4 nitrogen and oxygen atoms in total. The number of alkyl halides is 3. The van der Waals surface area contributed by atoms with E-state index in [1.165, 1.54) is 0 Å². The Kier molecular flexibility index (Phi) is 3.98. The second-order valence-electron chi connectivity index (χ2n) is 2.10. The Bertz CT molecular complexity index is 159. The number of hydroxylamine groups is 2. The minimum absolute atomic E-state index is 0.174. The van der Waals surface area contributed by atoms with Crippen molar-refractivity contribution in [2.24, 2.45) is 5.73 Å². The molecule has 0 saturated heterocycles.